The van der Waals surface area contributed by atoms with E-state index in [0.717, 1.165) is 12.1 Å². The molecule has 1 atom stereocenters. The summed E-state index contributed by atoms with van der Waals surface area (Å²) in [7, 11) is 0. The number of fused-ring (bicyclic) bond motifs is 1. The number of aryl methyl sites for hydroxylation is 1. The highest BCUT2D eigenvalue weighted by atomic mass is 35.5. The van der Waals surface area contributed by atoms with E-state index in [1.165, 1.54) is 18.2 Å². The summed E-state index contributed by atoms with van der Waals surface area (Å²) in [6, 6.07) is 5.74. The van der Waals surface area contributed by atoms with Crippen LogP contribution >= 0.6 is 11.6 Å². The standard InChI is InChI=1S/C17H14ClF4NO.CH4/c18-10-2-4-13(15(6-10)17(20,21)22)14-7-11(19)5-9-1-3-12(8-23)24-16(9)14;/h2,4-7,12H,1,3,8,23H2;1H4/t12-;/m1./s1. The fourth-order valence-corrected chi connectivity index (χ4v) is 3.04. The zero-order valence-corrected chi connectivity index (χ0v) is 13.2. The van der Waals surface area contributed by atoms with E-state index in [0.29, 0.717) is 18.4 Å². The van der Waals surface area contributed by atoms with Gasteiger partial charge in [-0.2, -0.15) is 13.2 Å². The summed E-state index contributed by atoms with van der Waals surface area (Å²) in [6.45, 7) is 0.239. The zero-order chi connectivity index (χ0) is 17.5. The van der Waals surface area contributed by atoms with Gasteiger partial charge in [0.1, 0.15) is 17.7 Å². The van der Waals surface area contributed by atoms with Crippen LogP contribution in [0.25, 0.3) is 11.1 Å². The smallest absolute Gasteiger partial charge is 0.417 e. The summed E-state index contributed by atoms with van der Waals surface area (Å²) in [6.07, 6.45) is -3.83. The molecule has 0 radical (unpaired) electrons. The maximum Gasteiger partial charge on any atom is 0.417 e. The van der Waals surface area contributed by atoms with Crippen molar-refractivity contribution in [3.8, 4) is 16.9 Å². The van der Waals surface area contributed by atoms with Crippen LogP contribution in [0.5, 0.6) is 5.75 Å². The number of benzene rings is 2. The molecule has 0 amide bonds. The van der Waals surface area contributed by atoms with Gasteiger partial charge in [-0.15, -0.1) is 0 Å². The van der Waals surface area contributed by atoms with Crippen molar-refractivity contribution in [3.63, 3.8) is 0 Å². The lowest BCUT2D eigenvalue weighted by molar-refractivity contribution is -0.137. The van der Waals surface area contributed by atoms with Crippen molar-refractivity contribution in [2.75, 3.05) is 6.54 Å². The van der Waals surface area contributed by atoms with Crippen LogP contribution in [0.15, 0.2) is 30.3 Å². The molecule has 0 aromatic heterocycles. The predicted octanol–water partition coefficient (Wildman–Crippen LogP) is 5.45. The molecular formula is C18H18ClF4NO. The van der Waals surface area contributed by atoms with Gasteiger partial charge in [-0.3, -0.25) is 0 Å². The predicted molar refractivity (Wildman–Crippen MR) is 90.4 cm³/mol. The summed E-state index contributed by atoms with van der Waals surface area (Å²) in [4.78, 5) is 0. The molecule has 0 unspecified atom stereocenters. The van der Waals surface area contributed by atoms with Crippen molar-refractivity contribution in [2.24, 2.45) is 5.73 Å². The fourth-order valence-electron chi connectivity index (χ4n) is 2.87. The highest BCUT2D eigenvalue weighted by Crippen LogP contribution is 2.44. The van der Waals surface area contributed by atoms with Crippen molar-refractivity contribution in [3.05, 3.63) is 52.3 Å². The SMILES string of the molecule is C.NC[C@H]1CCc2cc(F)cc(-c3ccc(Cl)cc3C(F)(F)F)c2O1. The van der Waals surface area contributed by atoms with E-state index in [1.807, 2.05) is 0 Å². The Morgan fingerprint density at radius 1 is 1.16 bits per heavy atom. The van der Waals surface area contributed by atoms with Gasteiger partial charge < -0.3 is 10.5 Å². The second-order valence-electron chi connectivity index (χ2n) is 5.64. The molecule has 0 spiro atoms. The average molecular weight is 376 g/mol. The maximum atomic E-state index is 13.9. The van der Waals surface area contributed by atoms with Crippen LogP contribution in [0.1, 0.15) is 25.0 Å². The van der Waals surface area contributed by atoms with Gasteiger partial charge in [0.25, 0.3) is 0 Å². The van der Waals surface area contributed by atoms with Crippen LogP contribution in [-0.4, -0.2) is 12.6 Å². The zero-order valence-electron chi connectivity index (χ0n) is 12.5. The Balaban J connectivity index is 0.00000225. The topological polar surface area (TPSA) is 35.2 Å². The van der Waals surface area contributed by atoms with Crippen molar-refractivity contribution >= 4 is 11.6 Å². The lowest BCUT2D eigenvalue weighted by Gasteiger charge is -2.28. The minimum Gasteiger partial charge on any atom is -0.488 e. The molecule has 1 aliphatic rings. The molecule has 2 aromatic rings. The lowest BCUT2D eigenvalue weighted by atomic mass is 9.92. The molecule has 0 fully saturated rings. The summed E-state index contributed by atoms with van der Waals surface area (Å²) in [5.41, 5.74) is 5.11. The Hall–Kier alpha value is -1.79. The monoisotopic (exact) mass is 375 g/mol. The minimum atomic E-state index is -4.62. The fraction of sp³-hybridized carbons (Fsp3) is 0.333. The first-order chi connectivity index (χ1) is 11.3. The van der Waals surface area contributed by atoms with Crippen molar-refractivity contribution < 1.29 is 22.3 Å². The van der Waals surface area contributed by atoms with Crippen LogP contribution in [-0.2, 0) is 12.6 Å². The molecule has 136 valence electrons. The maximum absolute atomic E-state index is 13.9. The molecule has 1 heterocycles. The van der Waals surface area contributed by atoms with Crippen molar-refractivity contribution in [1.82, 2.24) is 0 Å². The molecular weight excluding hydrogens is 358 g/mol. The van der Waals surface area contributed by atoms with E-state index < -0.39 is 17.6 Å². The van der Waals surface area contributed by atoms with Crippen LogP contribution < -0.4 is 10.5 Å². The second kappa shape index (κ2) is 7.22. The first kappa shape index (κ1) is 19.5. The molecule has 2 N–H and O–H groups in total. The Bertz CT molecular complexity index is 776. The first-order valence-electron chi connectivity index (χ1n) is 7.36. The van der Waals surface area contributed by atoms with Crippen LogP contribution in [0.4, 0.5) is 17.6 Å². The lowest BCUT2D eigenvalue weighted by Crippen LogP contribution is -2.30. The van der Waals surface area contributed by atoms with E-state index in [4.69, 9.17) is 22.1 Å². The quantitative estimate of drug-likeness (QED) is 0.708. The Labute approximate surface area is 148 Å². The first-order valence-corrected chi connectivity index (χ1v) is 7.73. The Morgan fingerprint density at radius 3 is 2.52 bits per heavy atom. The number of halogens is 5. The third kappa shape index (κ3) is 3.90. The van der Waals surface area contributed by atoms with Crippen molar-refractivity contribution in [1.29, 1.82) is 0 Å². The molecule has 1 aliphatic heterocycles. The van der Waals surface area contributed by atoms with Crippen LogP contribution in [0.3, 0.4) is 0 Å². The number of rotatable bonds is 2. The molecule has 25 heavy (non-hydrogen) atoms. The largest absolute Gasteiger partial charge is 0.488 e. The van der Waals surface area contributed by atoms with E-state index in [2.05, 4.69) is 0 Å². The molecule has 0 aliphatic carbocycles. The van der Waals surface area contributed by atoms with Gasteiger partial charge in [-0.25, -0.2) is 4.39 Å². The number of alkyl halides is 3. The number of nitrogens with two attached hydrogens (primary N) is 1. The van der Waals surface area contributed by atoms with Gasteiger partial charge >= 0.3 is 6.18 Å². The molecule has 2 nitrogen and oxygen atoms in total. The van der Waals surface area contributed by atoms with Gasteiger partial charge in [0.15, 0.2) is 0 Å². The summed E-state index contributed by atoms with van der Waals surface area (Å²) < 4.78 is 59.8. The molecule has 3 rings (SSSR count). The Kier molecular flexibility index (Phi) is 5.64. The second-order valence-corrected chi connectivity index (χ2v) is 6.08. The number of ether oxygens (including phenoxy) is 1. The van der Waals surface area contributed by atoms with Gasteiger partial charge in [-0.1, -0.05) is 25.1 Å². The van der Waals surface area contributed by atoms with Crippen LogP contribution in [0, 0.1) is 5.82 Å². The summed E-state index contributed by atoms with van der Waals surface area (Å²) in [5, 5.41) is -0.0444. The third-order valence-electron chi connectivity index (χ3n) is 3.99. The minimum absolute atomic E-state index is 0. The van der Waals surface area contributed by atoms with Gasteiger partial charge in [0.05, 0.1) is 5.56 Å². The third-order valence-corrected chi connectivity index (χ3v) is 4.23. The summed E-state index contributed by atoms with van der Waals surface area (Å²) >= 11 is 5.71. The highest BCUT2D eigenvalue weighted by molar-refractivity contribution is 6.30. The van der Waals surface area contributed by atoms with E-state index >= 15 is 0 Å². The van der Waals surface area contributed by atoms with Crippen molar-refractivity contribution in [2.45, 2.75) is 32.5 Å². The highest BCUT2D eigenvalue weighted by Gasteiger charge is 2.35. The van der Waals surface area contributed by atoms with Gasteiger partial charge in [-0.05, 0) is 48.2 Å². The number of hydrogen-bond donors (Lipinski definition) is 1. The molecule has 0 saturated heterocycles. The molecule has 0 saturated carbocycles. The molecule has 0 bridgehead atoms. The number of hydrogen-bond acceptors (Lipinski definition) is 2. The molecule has 7 heteroatoms. The van der Waals surface area contributed by atoms with Crippen LogP contribution in [0.2, 0.25) is 5.02 Å². The van der Waals surface area contributed by atoms with Gasteiger partial charge in [0.2, 0.25) is 0 Å². The van der Waals surface area contributed by atoms with E-state index in [1.54, 1.807) is 0 Å². The van der Waals surface area contributed by atoms with E-state index in [-0.39, 0.29) is 42.0 Å². The Morgan fingerprint density at radius 2 is 1.88 bits per heavy atom. The summed E-state index contributed by atoms with van der Waals surface area (Å²) in [5.74, 6) is -0.354. The average Bonchev–Trinajstić information content (AvgIpc) is 2.53. The molecule has 2 aromatic carbocycles. The van der Waals surface area contributed by atoms with Gasteiger partial charge in [0, 0.05) is 17.1 Å². The normalized spacial score (nSPS) is 16.6. The van der Waals surface area contributed by atoms with E-state index in [9.17, 15) is 17.6 Å².